The van der Waals surface area contributed by atoms with E-state index in [4.69, 9.17) is 0 Å². The Morgan fingerprint density at radius 1 is 1.24 bits per heavy atom. The second-order valence-electron chi connectivity index (χ2n) is 5.03. The number of hydrogen-bond acceptors (Lipinski definition) is 3. The minimum absolute atomic E-state index is 0.0983. The molecule has 1 aromatic heterocycles. The van der Waals surface area contributed by atoms with Gasteiger partial charge in [0.05, 0.1) is 22.5 Å². The molecular weight excluding hydrogens is 287 g/mol. The fourth-order valence-electron chi connectivity index (χ4n) is 2.56. The lowest BCUT2D eigenvalue weighted by Gasteiger charge is -2.29. The number of hydrogen-bond donors (Lipinski definition) is 1. The van der Waals surface area contributed by atoms with Crippen molar-refractivity contribution in [2.45, 2.75) is 12.2 Å². The van der Waals surface area contributed by atoms with Crippen molar-refractivity contribution in [1.29, 1.82) is 0 Å². The molecule has 21 heavy (non-hydrogen) atoms. The molecule has 0 spiro atoms. The van der Waals surface area contributed by atoms with Crippen molar-refractivity contribution in [2.24, 2.45) is 7.05 Å². The number of nitrogens with one attached hydrogen (secondary N) is 1. The molecule has 0 saturated carbocycles. The van der Waals surface area contributed by atoms with Crippen LogP contribution in [0.15, 0.2) is 27.8 Å². The van der Waals surface area contributed by atoms with Crippen LogP contribution < -0.4 is 16.6 Å². The molecule has 8 heteroatoms. The topological polar surface area (TPSA) is 56.0 Å². The molecule has 1 fully saturated rings. The van der Waals surface area contributed by atoms with Crippen LogP contribution in [0, 0.1) is 0 Å². The highest BCUT2D eigenvalue weighted by Crippen LogP contribution is 2.33. The molecule has 0 radical (unpaired) electrons. The Kier molecular flexibility index (Phi) is 2.94. The third-order valence-electron chi connectivity index (χ3n) is 3.74. The van der Waals surface area contributed by atoms with Crippen LogP contribution in [0.4, 0.5) is 13.2 Å². The Balaban J connectivity index is 2.45. The van der Waals surface area contributed by atoms with Gasteiger partial charge >= 0.3 is 11.9 Å². The molecular formula is C13H12F3N3O2. The average Bonchev–Trinajstić information content (AvgIpc) is 2.37. The minimum Gasteiger partial charge on any atom is -0.312 e. The molecule has 5 nitrogen and oxygen atoms in total. The molecule has 2 heterocycles. The van der Waals surface area contributed by atoms with E-state index in [0.29, 0.717) is 13.1 Å². The van der Waals surface area contributed by atoms with Crippen molar-refractivity contribution in [3.8, 4) is 0 Å². The van der Waals surface area contributed by atoms with Crippen LogP contribution in [0.2, 0.25) is 0 Å². The summed E-state index contributed by atoms with van der Waals surface area (Å²) in [5.74, 6) is 0. The average molecular weight is 299 g/mol. The maximum atomic E-state index is 13.1. The lowest BCUT2D eigenvalue weighted by Crippen LogP contribution is -2.53. The van der Waals surface area contributed by atoms with Gasteiger partial charge in [-0.25, -0.2) is 4.79 Å². The Hall–Kier alpha value is -2.09. The van der Waals surface area contributed by atoms with Gasteiger partial charge in [-0.15, -0.1) is 0 Å². The fourth-order valence-corrected chi connectivity index (χ4v) is 2.56. The molecule has 3 rings (SSSR count). The van der Waals surface area contributed by atoms with Gasteiger partial charge in [0.25, 0.3) is 5.56 Å². The van der Waals surface area contributed by atoms with Crippen LogP contribution in [0.3, 0.4) is 0 Å². The summed E-state index contributed by atoms with van der Waals surface area (Å²) in [5.41, 5.74) is -2.75. The molecule has 2 aromatic rings. The summed E-state index contributed by atoms with van der Waals surface area (Å²) >= 11 is 0. The summed E-state index contributed by atoms with van der Waals surface area (Å²) in [7, 11) is 1.25. The van der Waals surface area contributed by atoms with Crippen molar-refractivity contribution in [1.82, 2.24) is 14.5 Å². The normalized spacial score (nSPS) is 16.2. The Bertz CT molecular complexity index is 831. The van der Waals surface area contributed by atoms with Crippen molar-refractivity contribution in [2.75, 3.05) is 13.1 Å². The highest BCUT2D eigenvalue weighted by molar-refractivity contribution is 5.82. The van der Waals surface area contributed by atoms with Crippen LogP contribution >= 0.6 is 0 Å². The summed E-state index contributed by atoms with van der Waals surface area (Å²) in [6, 6.07) is 3.06. The third-order valence-corrected chi connectivity index (χ3v) is 3.74. The van der Waals surface area contributed by atoms with E-state index in [0.717, 1.165) is 15.2 Å². The van der Waals surface area contributed by atoms with Gasteiger partial charge in [0.15, 0.2) is 0 Å². The van der Waals surface area contributed by atoms with E-state index in [-0.39, 0.29) is 16.9 Å². The van der Waals surface area contributed by atoms with Gasteiger partial charge in [-0.1, -0.05) is 6.07 Å². The van der Waals surface area contributed by atoms with Gasteiger partial charge in [0.2, 0.25) is 0 Å². The number of rotatable bonds is 1. The number of nitrogens with zero attached hydrogens (tertiary/aromatic N) is 2. The molecule has 1 N–H and O–H groups in total. The quantitative estimate of drug-likeness (QED) is 0.850. The van der Waals surface area contributed by atoms with E-state index in [1.165, 1.54) is 19.2 Å². The first-order valence-corrected chi connectivity index (χ1v) is 6.34. The zero-order valence-corrected chi connectivity index (χ0v) is 11.1. The first kappa shape index (κ1) is 13.9. The lowest BCUT2D eigenvalue weighted by atomic mass is 10.1. The fraction of sp³-hybridized carbons (Fsp3) is 0.385. The van der Waals surface area contributed by atoms with Crippen molar-refractivity contribution < 1.29 is 13.2 Å². The largest absolute Gasteiger partial charge is 0.418 e. The summed E-state index contributed by atoms with van der Waals surface area (Å²) in [6.07, 6.45) is -4.62. The van der Waals surface area contributed by atoms with Crippen LogP contribution in [0.5, 0.6) is 0 Å². The number of para-hydroxylation sites is 1. The summed E-state index contributed by atoms with van der Waals surface area (Å²) in [5, 5.41) is 2.83. The summed E-state index contributed by atoms with van der Waals surface area (Å²) < 4.78 is 41.1. The first-order valence-electron chi connectivity index (χ1n) is 6.34. The second-order valence-corrected chi connectivity index (χ2v) is 5.03. The molecule has 0 bridgehead atoms. The van der Waals surface area contributed by atoms with Gasteiger partial charge in [0, 0.05) is 20.1 Å². The van der Waals surface area contributed by atoms with E-state index in [9.17, 15) is 22.8 Å². The molecule has 1 saturated heterocycles. The van der Waals surface area contributed by atoms with Crippen LogP contribution in [0.25, 0.3) is 10.9 Å². The van der Waals surface area contributed by atoms with E-state index in [2.05, 4.69) is 5.32 Å². The van der Waals surface area contributed by atoms with Gasteiger partial charge in [-0.3, -0.25) is 13.9 Å². The third kappa shape index (κ3) is 1.98. The van der Waals surface area contributed by atoms with Crippen molar-refractivity contribution in [3.63, 3.8) is 0 Å². The first-order chi connectivity index (χ1) is 9.82. The van der Waals surface area contributed by atoms with E-state index in [1.54, 1.807) is 0 Å². The van der Waals surface area contributed by atoms with Crippen molar-refractivity contribution >= 4 is 10.9 Å². The summed E-state index contributed by atoms with van der Waals surface area (Å²) in [6.45, 7) is 0.916. The lowest BCUT2D eigenvalue weighted by molar-refractivity contribution is -0.136. The highest BCUT2D eigenvalue weighted by atomic mass is 19.4. The molecule has 1 aromatic carbocycles. The van der Waals surface area contributed by atoms with E-state index >= 15 is 0 Å². The molecule has 1 aliphatic heterocycles. The number of alkyl halides is 3. The molecule has 0 aliphatic carbocycles. The second kappa shape index (κ2) is 4.45. The Morgan fingerprint density at radius 2 is 1.90 bits per heavy atom. The predicted octanol–water partition coefficient (Wildman–Crippen LogP) is 0.863. The Morgan fingerprint density at radius 3 is 2.43 bits per heavy atom. The number of aryl methyl sites for hydroxylation is 1. The zero-order chi connectivity index (χ0) is 15.4. The standard InChI is InChI=1S/C13H12F3N3O2/c1-18-10-8(3-2-4-9(10)13(14,15)16)11(20)19(12(18)21)7-5-17-6-7/h2-4,7,17H,5-6H2,1H3. The van der Waals surface area contributed by atoms with E-state index in [1.807, 2.05) is 0 Å². The van der Waals surface area contributed by atoms with Gasteiger partial charge in [-0.05, 0) is 12.1 Å². The monoisotopic (exact) mass is 299 g/mol. The van der Waals surface area contributed by atoms with Gasteiger partial charge < -0.3 is 5.32 Å². The number of fused-ring (bicyclic) bond motifs is 1. The van der Waals surface area contributed by atoms with E-state index < -0.39 is 23.0 Å². The van der Waals surface area contributed by atoms with Crippen molar-refractivity contribution in [3.05, 3.63) is 44.6 Å². The Labute approximate surface area is 116 Å². The predicted molar refractivity (Wildman–Crippen MR) is 70.4 cm³/mol. The summed E-state index contributed by atoms with van der Waals surface area (Å²) in [4.78, 5) is 24.6. The van der Waals surface area contributed by atoms with Gasteiger partial charge in [0.1, 0.15) is 0 Å². The number of aromatic nitrogens is 2. The smallest absolute Gasteiger partial charge is 0.312 e. The molecule has 0 unspecified atom stereocenters. The zero-order valence-electron chi connectivity index (χ0n) is 11.1. The number of halogens is 3. The highest BCUT2D eigenvalue weighted by Gasteiger charge is 2.35. The van der Waals surface area contributed by atoms with Crippen LogP contribution in [-0.2, 0) is 13.2 Å². The molecule has 1 aliphatic rings. The van der Waals surface area contributed by atoms with Crippen LogP contribution in [-0.4, -0.2) is 22.2 Å². The maximum Gasteiger partial charge on any atom is 0.418 e. The number of benzene rings is 1. The van der Waals surface area contributed by atoms with Crippen LogP contribution in [0.1, 0.15) is 11.6 Å². The van der Waals surface area contributed by atoms with Gasteiger partial charge in [-0.2, -0.15) is 13.2 Å². The minimum atomic E-state index is -4.62. The maximum absolute atomic E-state index is 13.1. The molecule has 0 amide bonds. The molecule has 0 atom stereocenters. The molecule has 112 valence electrons. The SMILES string of the molecule is Cn1c(=O)n(C2CNC2)c(=O)c2cccc(C(F)(F)F)c21.